The van der Waals surface area contributed by atoms with E-state index in [1.807, 2.05) is 67.0 Å². The Balaban J connectivity index is 1.69. The fourth-order valence-electron chi connectivity index (χ4n) is 3.99. The van der Waals surface area contributed by atoms with Gasteiger partial charge >= 0.3 is 0 Å². The number of nitrogens with zero attached hydrogens (tertiary/aromatic N) is 4. The van der Waals surface area contributed by atoms with Crippen LogP contribution in [0.4, 0.5) is 11.4 Å². The Morgan fingerprint density at radius 1 is 1.11 bits per heavy atom. The predicted octanol–water partition coefficient (Wildman–Crippen LogP) is 5.64. The number of aryl methyl sites for hydroxylation is 1. The number of ether oxygens (including phenoxy) is 1. The third-order valence-electron chi connectivity index (χ3n) is 5.65. The van der Waals surface area contributed by atoms with Gasteiger partial charge in [0.2, 0.25) is 0 Å². The van der Waals surface area contributed by atoms with Crippen LogP contribution >= 0.6 is 11.8 Å². The summed E-state index contributed by atoms with van der Waals surface area (Å²) in [7, 11) is 1.64. The van der Waals surface area contributed by atoms with Gasteiger partial charge in [0.25, 0.3) is 11.6 Å². The van der Waals surface area contributed by atoms with Gasteiger partial charge in [-0.1, -0.05) is 24.3 Å². The van der Waals surface area contributed by atoms with E-state index in [0.717, 1.165) is 22.6 Å². The van der Waals surface area contributed by atoms with Crippen LogP contribution in [-0.4, -0.2) is 45.7 Å². The van der Waals surface area contributed by atoms with Crippen LogP contribution in [0.25, 0.3) is 11.8 Å². The topological polar surface area (TPSA) is 90.0 Å². The van der Waals surface area contributed by atoms with Crippen molar-refractivity contribution >= 4 is 40.3 Å². The van der Waals surface area contributed by atoms with Crippen LogP contribution in [0.15, 0.2) is 70.6 Å². The second-order valence-electron chi connectivity index (χ2n) is 8.08. The quantitative estimate of drug-likeness (QED) is 0.176. The number of amidine groups is 1. The molecule has 0 spiro atoms. The first-order chi connectivity index (χ1) is 16.9. The van der Waals surface area contributed by atoms with Gasteiger partial charge in [0.05, 0.1) is 21.2 Å². The first kappa shape index (κ1) is 24.4. The number of hydrogen-bond acceptors (Lipinski definition) is 6. The SMILES string of the molecule is COCCCN1C(=O)/C(=C/c2cc(C)n(-c3cccc([N+](=O)[O-])c3)c2C)SC1=Nc1ccccc1. The lowest BCUT2D eigenvalue weighted by molar-refractivity contribution is -0.384. The molecule has 0 bridgehead atoms. The van der Waals surface area contributed by atoms with Crippen LogP contribution in [0.5, 0.6) is 0 Å². The first-order valence-electron chi connectivity index (χ1n) is 11.2. The van der Waals surface area contributed by atoms with Gasteiger partial charge in [0.15, 0.2) is 5.17 Å². The minimum atomic E-state index is -0.403. The Morgan fingerprint density at radius 3 is 2.60 bits per heavy atom. The van der Waals surface area contributed by atoms with Crippen molar-refractivity contribution in [2.45, 2.75) is 20.3 Å². The predicted molar refractivity (Wildman–Crippen MR) is 139 cm³/mol. The van der Waals surface area contributed by atoms with Crippen molar-refractivity contribution in [1.82, 2.24) is 9.47 Å². The van der Waals surface area contributed by atoms with Crippen LogP contribution in [0, 0.1) is 24.0 Å². The van der Waals surface area contributed by atoms with Crippen molar-refractivity contribution in [1.29, 1.82) is 0 Å². The molecule has 1 saturated heterocycles. The molecular formula is C26H26N4O4S. The number of aliphatic imine (C=N–C) groups is 1. The molecule has 0 radical (unpaired) electrons. The van der Waals surface area contributed by atoms with E-state index in [2.05, 4.69) is 0 Å². The molecular weight excluding hydrogens is 464 g/mol. The number of nitro benzene ring substituents is 1. The molecule has 2 heterocycles. The van der Waals surface area contributed by atoms with E-state index in [0.29, 0.717) is 35.3 Å². The summed E-state index contributed by atoms with van der Waals surface area (Å²) in [6.07, 6.45) is 2.57. The molecule has 180 valence electrons. The van der Waals surface area contributed by atoms with Crippen LogP contribution < -0.4 is 0 Å². The third kappa shape index (κ3) is 5.36. The zero-order valence-electron chi connectivity index (χ0n) is 19.8. The van der Waals surface area contributed by atoms with Crippen molar-refractivity contribution in [3.63, 3.8) is 0 Å². The first-order valence-corrected chi connectivity index (χ1v) is 12.0. The molecule has 1 aromatic heterocycles. The molecule has 0 saturated carbocycles. The van der Waals surface area contributed by atoms with Gasteiger partial charge in [-0.05, 0) is 67.9 Å². The van der Waals surface area contributed by atoms with Gasteiger partial charge in [-0.15, -0.1) is 0 Å². The van der Waals surface area contributed by atoms with Gasteiger partial charge in [-0.25, -0.2) is 4.99 Å². The van der Waals surface area contributed by atoms with Crippen molar-refractivity contribution in [3.8, 4) is 5.69 Å². The van der Waals surface area contributed by atoms with Gasteiger partial charge in [-0.3, -0.25) is 19.8 Å². The van der Waals surface area contributed by atoms with Crippen LogP contribution in [0.3, 0.4) is 0 Å². The molecule has 3 aromatic rings. The van der Waals surface area contributed by atoms with E-state index in [1.165, 1.54) is 17.8 Å². The zero-order chi connectivity index (χ0) is 24.9. The number of carbonyl (C=O) groups is 1. The molecule has 4 rings (SSSR count). The summed E-state index contributed by atoms with van der Waals surface area (Å²) < 4.78 is 7.12. The molecule has 0 aliphatic carbocycles. The molecule has 2 aromatic carbocycles. The Kier molecular flexibility index (Phi) is 7.48. The number of rotatable bonds is 8. The van der Waals surface area contributed by atoms with Crippen molar-refractivity contribution in [2.75, 3.05) is 20.3 Å². The number of carbonyl (C=O) groups excluding carboxylic acids is 1. The smallest absolute Gasteiger partial charge is 0.271 e. The maximum Gasteiger partial charge on any atom is 0.271 e. The number of aromatic nitrogens is 1. The second-order valence-corrected chi connectivity index (χ2v) is 9.09. The average Bonchev–Trinajstić information content (AvgIpc) is 3.29. The van der Waals surface area contributed by atoms with E-state index in [4.69, 9.17) is 9.73 Å². The Hall–Kier alpha value is -3.69. The van der Waals surface area contributed by atoms with E-state index in [-0.39, 0.29) is 11.6 Å². The number of thioether (sulfide) groups is 1. The van der Waals surface area contributed by atoms with Crippen LogP contribution in [0.1, 0.15) is 23.4 Å². The minimum absolute atomic E-state index is 0.0323. The summed E-state index contributed by atoms with van der Waals surface area (Å²) in [5.41, 5.74) is 4.21. The summed E-state index contributed by atoms with van der Waals surface area (Å²) >= 11 is 1.35. The summed E-state index contributed by atoms with van der Waals surface area (Å²) in [6, 6.07) is 18.1. The van der Waals surface area contributed by atoms with Gasteiger partial charge in [0.1, 0.15) is 0 Å². The maximum atomic E-state index is 13.3. The molecule has 9 heteroatoms. The lowest BCUT2D eigenvalue weighted by Crippen LogP contribution is -2.30. The van der Waals surface area contributed by atoms with E-state index >= 15 is 0 Å². The van der Waals surface area contributed by atoms with E-state index < -0.39 is 4.92 Å². The number of amides is 1. The molecule has 35 heavy (non-hydrogen) atoms. The highest BCUT2D eigenvalue weighted by atomic mass is 32.2. The number of hydrogen-bond donors (Lipinski definition) is 0. The fourth-order valence-corrected chi connectivity index (χ4v) is 5.00. The van der Waals surface area contributed by atoms with Crippen molar-refractivity contribution in [3.05, 3.63) is 92.6 Å². The minimum Gasteiger partial charge on any atom is -0.385 e. The number of para-hydroxylation sites is 1. The largest absolute Gasteiger partial charge is 0.385 e. The second kappa shape index (κ2) is 10.7. The number of non-ortho nitro benzene ring substituents is 1. The lowest BCUT2D eigenvalue weighted by Gasteiger charge is -2.15. The van der Waals surface area contributed by atoms with E-state index in [9.17, 15) is 14.9 Å². The van der Waals surface area contributed by atoms with Gasteiger partial charge in [-0.2, -0.15) is 0 Å². The molecule has 1 amide bonds. The highest BCUT2D eigenvalue weighted by Crippen LogP contribution is 2.35. The molecule has 0 N–H and O–H groups in total. The molecule has 1 fully saturated rings. The number of nitro groups is 1. The van der Waals surface area contributed by atoms with Crippen molar-refractivity contribution < 1.29 is 14.5 Å². The van der Waals surface area contributed by atoms with E-state index in [1.54, 1.807) is 24.1 Å². The molecule has 8 nitrogen and oxygen atoms in total. The summed E-state index contributed by atoms with van der Waals surface area (Å²) in [6.45, 7) is 4.94. The average molecular weight is 491 g/mol. The zero-order valence-corrected chi connectivity index (χ0v) is 20.6. The summed E-state index contributed by atoms with van der Waals surface area (Å²) in [5.74, 6) is -0.0964. The monoisotopic (exact) mass is 490 g/mol. The Morgan fingerprint density at radius 2 is 1.89 bits per heavy atom. The molecule has 1 aliphatic rings. The Labute approximate surface area is 208 Å². The number of methoxy groups -OCH3 is 1. The highest BCUT2D eigenvalue weighted by Gasteiger charge is 2.33. The van der Waals surface area contributed by atoms with Gasteiger partial charge in [0, 0.05) is 43.8 Å². The number of benzene rings is 2. The van der Waals surface area contributed by atoms with Crippen molar-refractivity contribution in [2.24, 2.45) is 4.99 Å². The van der Waals surface area contributed by atoms with Crippen LogP contribution in [0.2, 0.25) is 0 Å². The normalized spacial score (nSPS) is 16.0. The summed E-state index contributed by atoms with van der Waals surface area (Å²) in [5, 5.41) is 11.9. The highest BCUT2D eigenvalue weighted by molar-refractivity contribution is 8.18. The third-order valence-corrected chi connectivity index (χ3v) is 6.66. The Bertz CT molecular complexity index is 1310. The standard InChI is InChI=1S/C26H26N4O4S/c1-18-15-20(19(2)29(18)22-11-7-12-23(17-22)30(32)33)16-24-25(31)28(13-8-14-34-3)26(35-24)27-21-9-5-4-6-10-21/h4-7,9-12,15-17H,8,13-14H2,1-3H3/b24-16-,27-26?. The molecule has 0 unspecified atom stereocenters. The summed E-state index contributed by atoms with van der Waals surface area (Å²) in [4.78, 5) is 31.2. The fraction of sp³-hybridized carbons (Fsp3) is 0.231. The lowest BCUT2D eigenvalue weighted by atomic mass is 10.2. The van der Waals surface area contributed by atoms with Gasteiger partial charge < -0.3 is 9.30 Å². The van der Waals surface area contributed by atoms with Crippen LogP contribution in [-0.2, 0) is 9.53 Å². The maximum absolute atomic E-state index is 13.3. The molecule has 1 aliphatic heterocycles. The molecule has 0 atom stereocenters.